The van der Waals surface area contributed by atoms with Crippen LogP contribution in [0.2, 0.25) is 0 Å². The fourth-order valence-corrected chi connectivity index (χ4v) is 1.47. The second kappa shape index (κ2) is 5.61. The summed E-state index contributed by atoms with van der Waals surface area (Å²) in [6.07, 6.45) is -0.703. The maximum absolute atomic E-state index is 11.7. The van der Waals surface area contributed by atoms with Gasteiger partial charge in [0.05, 0.1) is 24.3 Å². The summed E-state index contributed by atoms with van der Waals surface area (Å²) in [7, 11) is 0. The van der Waals surface area contributed by atoms with E-state index in [2.05, 4.69) is 0 Å². The number of ether oxygens (including phenoxy) is 3. The molecule has 1 saturated heterocycles. The molecule has 0 aromatic heterocycles. The largest absolute Gasteiger partial charge is 0.478 e. The summed E-state index contributed by atoms with van der Waals surface area (Å²) in [5, 5.41) is 8.72. The summed E-state index contributed by atoms with van der Waals surface area (Å²) in [6, 6.07) is 5.49. The first kappa shape index (κ1) is 12.5. The van der Waals surface area contributed by atoms with E-state index in [1.54, 1.807) is 0 Å². The van der Waals surface area contributed by atoms with Crippen molar-refractivity contribution in [2.24, 2.45) is 0 Å². The van der Waals surface area contributed by atoms with Gasteiger partial charge < -0.3 is 19.3 Å². The quantitative estimate of drug-likeness (QED) is 0.805. The number of rotatable bonds is 3. The minimum atomic E-state index is -1.04. The highest BCUT2D eigenvalue weighted by atomic mass is 16.7. The Hall–Kier alpha value is -1.92. The molecule has 1 aromatic rings. The van der Waals surface area contributed by atoms with Crippen molar-refractivity contribution in [2.45, 2.75) is 6.29 Å². The van der Waals surface area contributed by atoms with Gasteiger partial charge in [-0.3, -0.25) is 0 Å². The SMILES string of the molecule is O=C(O)c1ccc(C(=O)OC2COCCO2)cc1. The minimum absolute atomic E-state index is 0.115. The average Bonchev–Trinajstić information content (AvgIpc) is 2.40. The van der Waals surface area contributed by atoms with Crippen LogP contribution in [0.15, 0.2) is 24.3 Å². The third-order valence-electron chi connectivity index (χ3n) is 2.39. The Balaban J connectivity index is 1.97. The molecule has 6 nitrogen and oxygen atoms in total. The highest BCUT2D eigenvalue weighted by molar-refractivity contribution is 5.92. The van der Waals surface area contributed by atoms with Gasteiger partial charge in [0.25, 0.3) is 0 Å². The molecular formula is C12H12O6. The van der Waals surface area contributed by atoms with Gasteiger partial charge in [-0.05, 0) is 24.3 Å². The molecule has 0 radical (unpaired) electrons. The summed E-state index contributed by atoms with van der Waals surface area (Å²) in [6.45, 7) is 1.08. The van der Waals surface area contributed by atoms with Crippen molar-refractivity contribution in [2.75, 3.05) is 19.8 Å². The normalized spacial score (nSPS) is 19.2. The fraction of sp³-hybridized carbons (Fsp3) is 0.333. The molecule has 18 heavy (non-hydrogen) atoms. The summed E-state index contributed by atoms with van der Waals surface area (Å²) >= 11 is 0. The molecule has 1 fully saturated rings. The zero-order valence-corrected chi connectivity index (χ0v) is 9.50. The lowest BCUT2D eigenvalue weighted by Gasteiger charge is -2.22. The Morgan fingerprint density at radius 1 is 1.17 bits per heavy atom. The van der Waals surface area contributed by atoms with E-state index in [1.165, 1.54) is 24.3 Å². The predicted molar refractivity (Wildman–Crippen MR) is 59.4 cm³/mol. The lowest BCUT2D eigenvalue weighted by molar-refractivity contribution is -0.186. The summed E-state index contributed by atoms with van der Waals surface area (Å²) < 4.78 is 15.3. The fourth-order valence-electron chi connectivity index (χ4n) is 1.47. The van der Waals surface area contributed by atoms with Crippen LogP contribution in [0, 0.1) is 0 Å². The third-order valence-corrected chi connectivity index (χ3v) is 2.39. The molecular weight excluding hydrogens is 240 g/mol. The van der Waals surface area contributed by atoms with Gasteiger partial charge >= 0.3 is 11.9 Å². The number of carbonyl (C=O) groups excluding carboxylic acids is 1. The second-order valence-electron chi connectivity index (χ2n) is 3.66. The molecule has 0 saturated carbocycles. The highest BCUT2D eigenvalue weighted by Gasteiger charge is 2.19. The van der Waals surface area contributed by atoms with Crippen LogP contribution in [0.25, 0.3) is 0 Å². The molecule has 0 bridgehead atoms. The Morgan fingerprint density at radius 3 is 2.39 bits per heavy atom. The minimum Gasteiger partial charge on any atom is -0.478 e. The van der Waals surface area contributed by atoms with Crippen molar-refractivity contribution in [1.82, 2.24) is 0 Å². The second-order valence-corrected chi connectivity index (χ2v) is 3.66. The maximum atomic E-state index is 11.7. The maximum Gasteiger partial charge on any atom is 0.340 e. The number of esters is 1. The number of benzene rings is 1. The van der Waals surface area contributed by atoms with Gasteiger partial charge in [0.15, 0.2) is 0 Å². The predicted octanol–water partition coefficient (Wildman–Crippen LogP) is 0.915. The topological polar surface area (TPSA) is 82.1 Å². The van der Waals surface area contributed by atoms with E-state index in [-0.39, 0.29) is 17.7 Å². The average molecular weight is 252 g/mol. The van der Waals surface area contributed by atoms with Crippen LogP contribution in [-0.4, -0.2) is 43.2 Å². The Labute approximate surface area is 103 Å². The van der Waals surface area contributed by atoms with Crippen LogP contribution < -0.4 is 0 Å². The first-order valence-electron chi connectivity index (χ1n) is 5.40. The van der Waals surface area contributed by atoms with E-state index < -0.39 is 18.2 Å². The van der Waals surface area contributed by atoms with Crippen LogP contribution in [0.5, 0.6) is 0 Å². The van der Waals surface area contributed by atoms with Crippen molar-refractivity contribution >= 4 is 11.9 Å². The lowest BCUT2D eigenvalue weighted by Crippen LogP contribution is -2.32. The first-order chi connectivity index (χ1) is 8.66. The van der Waals surface area contributed by atoms with Gasteiger partial charge in [-0.15, -0.1) is 0 Å². The van der Waals surface area contributed by atoms with Gasteiger partial charge in [0.2, 0.25) is 6.29 Å². The molecule has 0 amide bonds. The van der Waals surface area contributed by atoms with Crippen LogP contribution in [0.3, 0.4) is 0 Å². The Morgan fingerprint density at radius 2 is 1.83 bits per heavy atom. The Bertz CT molecular complexity index is 432. The van der Waals surface area contributed by atoms with E-state index in [0.717, 1.165) is 0 Å². The van der Waals surface area contributed by atoms with E-state index in [1.807, 2.05) is 0 Å². The van der Waals surface area contributed by atoms with Crippen molar-refractivity contribution in [3.8, 4) is 0 Å². The molecule has 1 unspecified atom stereocenters. The molecule has 0 aliphatic carbocycles. The first-order valence-corrected chi connectivity index (χ1v) is 5.40. The van der Waals surface area contributed by atoms with Gasteiger partial charge in [-0.1, -0.05) is 0 Å². The van der Waals surface area contributed by atoms with Crippen molar-refractivity contribution in [1.29, 1.82) is 0 Å². The van der Waals surface area contributed by atoms with Gasteiger partial charge in [0, 0.05) is 0 Å². The number of aromatic carboxylic acids is 1. The van der Waals surface area contributed by atoms with Gasteiger partial charge in [-0.25, -0.2) is 9.59 Å². The number of hydrogen-bond acceptors (Lipinski definition) is 5. The molecule has 2 rings (SSSR count). The molecule has 1 aromatic carbocycles. The molecule has 1 heterocycles. The van der Waals surface area contributed by atoms with Gasteiger partial charge in [-0.2, -0.15) is 0 Å². The van der Waals surface area contributed by atoms with Crippen LogP contribution >= 0.6 is 0 Å². The number of carbonyl (C=O) groups is 2. The monoisotopic (exact) mass is 252 g/mol. The smallest absolute Gasteiger partial charge is 0.340 e. The Kier molecular flexibility index (Phi) is 3.91. The number of hydrogen-bond donors (Lipinski definition) is 1. The van der Waals surface area contributed by atoms with Crippen LogP contribution in [0.4, 0.5) is 0 Å². The standard InChI is InChI=1S/C12H12O6/c13-11(14)8-1-3-9(4-2-8)12(15)18-10-7-16-5-6-17-10/h1-4,10H,5-7H2,(H,13,14). The molecule has 1 aliphatic rings. The molecule has 1 aliphatic heterocycles. The van der Waals surface area contributed by atoms with Crippen molar-refractivity contribution in [3.05, 3.63) is 35.4 Å². The van der Waals surface area contributed by atoms with E-state index in [0.29, 0.717) is 13.2 Å². The zero-order valence-electron chi connectivity index (χ0n) is 9.50. The lowest BCUT2D eigenvalue weighted by atomic mass is 10.1. The van der Waals surface area contributed by atoms with E-state index in [4.69, 9.17) is 19.3 Å². The van der Waals surface area contributed by atoms with Crippen LogP contribution in [-0.2, 0) is 14.2 Å². The third kappa shape index (κ3) is 3.06. The molecule has 6 heteroatoms. The molecule has 1 N–H and O–H groups in total. The van der Waals surface area contributed by atoms with E-state index in [9.17, 15) is 9.59 Å². The van der Waals surface area contributed by atoms with Crippen LogP contribution in [0.1, 0.15) is 20.7 Å². The zero-order chi connectivity index (χ0) is 13.0. The van der Waals surface area contributed by atoms with Gasteiger partial charge in [0.1, 0.15) is 6.61 Å². The number of carboxylic acid groups (broad SMARTS) is 1. The molecule has 0 spiro atoms. The number of carboxylic acids is 1. The summed E-state index contributed by atoms with van der Waals surface area (Å²) in [5.41, 5.74) is 0.387. The van der Waals surface area contributed by atoms with Crippen molar-refractivity contribution < 1.29 is 28.9 Å². The summed E-state index contributed by atoms with van der Waals surface area (Å²) in [4.78, 5) is 22.3. The molecule has 96 valence electrons. The van der Waals surface area contributed by atoms with E-state index >= 15 is 0 Å². The van der Waals surface area contributed by atoms with Crippen molar-refractivity contribution in [3.63, 3.8) is 0 Å². The molecule has 1 atom stereocenters. The highest BCUT2D eigenvalue weighted by Crippen LogP contribution is 2.09. The summed E-state index contributed by atoms with van der Waals surface area (Å²) in [5.74, 6) is -1.61.